The minimum absolute atomic E-state index is 0.601. The maximum absolute atomic E-state index is 6.14. The molecule has 0 aliphatic heterocycles. The largest absolute Gasteiger partial charge is 0.394 e. The molecule has 0 radical (unpaired) electrons. The molecular weight excluding hydrogens is 228 g/mol. The van der Waals surface area contributed by atoms with E-state index in [4.69, 9.17) is 8.85 Å². The molecule has 0 atom stereocenters. The first-order chi connectivity index (χ1) is 8.10. The van der Waals surface area contributed by atoms with Crippen molar-refractivity contribution in [2.75, 3.05) is 13.2 Å². The Morgan fingerprint density at radius 2 is 1.53 bits per heavy atom. The summed E-state index contributed by atoms with van der Waals surface area (Å²) in [5.41, 5.74) is 0. The van der Waals surface area contributed by atoms with E-state index >= 15 is 0 Å². The van der Waals surface area contributed by atoms with Crippen LogP contribution in [0, 0.1) is 5.92 Å². The Balaban J connectivity index is 3.93. The number of hydrogen-bond acceptors (Lipinski definition) is 2. The molecule has 0 heterocycles. The lowest BCUT2D eigenvalue weighted by Crippen LogP contribution is -2.42. The maximum Gasteiger partial charge on any atom is 0.337 e. The first kappa shape index (κ1) is 17.1. The molecule has 0 saturated carbocycles. The number of unbranched alkanes of at least 4 members (excludes halogenated alkanes) is 3. The minimum Gasteiger partial charge on any atom is -0.394 e. The predicted octanol–water partition coefficient (Wildman–Crippen LogP) is 4.74. The van der Waals surface area contributed by atoms with Gasteiger partial charge in [0.15, 0.2) is 0 Å². The van der Waals surface area contributed by atoms with Gasteiger partial charge in [-0.15, -0.1) is 0 Å². The van der Waals surface area contributed by atoms with Crippen LogP contribution in [0.3, 0.4) is 0 Å². The van der Waals surface area contributed by atoms with Crippen molar-refractivity contribution in [2.24, 2.45) is 5.92 Å². The van der Waals surface area contributed by atoms with Gasteiger partial charge in [-0.05, 0) is 24.4 Å². The molecule has 0 aromatic carbocycles. The van der Waals surface area contributed by atoms with Crippen LogP contribution in [-0.2, 0) is 8.85 Å². The van der Waals surface area contributed by atoms with Crippen LogP contribution in [0.4, 0.5) is 0 Å². The van der Waals surface area contributed by atoms with E-state index < -0.39 is 8.56 Å². The normalized spacial score (nSPS) is 12.4. The van der Waals surface area contributed by atoms with Crippen LogP contribution in [0.25, 0.3) is 0 Å². The second kappa shape index (κ2) is 10.1. The van der Waals surface area contributed by atoms with Gasteiger partial charge in [0, 0.05) is 13.2 Å². The van der Waals surface area contributed by atoms with Crippen molar-refractivity contribution in [3.63, 3.8) is 0 Å². The molecule has 0 unspecified atom stereocenters. The molecule has 2 nitrogen and oxygen atoms in total. The average Bonchev–Trinajstić information content (AvgIpc) is 2.33. The Bertz CT molecular complexity index is 168. The average molecular weight is 260 g/mol. The summed E-state index contributed by atoms with van der Waals surface area (Å²) in [6.45, 7) is 12.8. The van der Waals surface area contributed by atoms with Gasteiger partial charge in [0.25, 0.3) is 0 Å². The van der Waals surface area contributed by atoms with Crippen molar-refractivity contribution >= 4 is 8.56 Å². The molecule has 0 spiro atoms. The fraction of sp³-hybridized carbons (Fsp3) is 1.00. The summed E-state index contributed by atoms with van der Waals surface area (Å²) >= 11 is 0. The molecule has 17 heavy (non-hydrogen) atoms. The van der Waals surface area contributed by atoms with E-state index in [1.165, 1.54) is 25.7 Å². The quantitative estimate of drug-likeness (QED) is 0.395. The van der Waals surface area contributed by atoms with E-state index in [9.17, 15) is 0 Å². The van der Waals surface area contributed by atoms with Crippen molar-refractivity contribution in [2.45, 2.75) is 72.4 Å². The molecular formula is C14H32O2Si. The summed E-state index contributed by atoms with van der Waals surface area (Å²) in [7, 11) is -1.87. The highest BCUT2D eigenvalue weighted by Gasteiger charge is 2.33. The van der Waals surface area contributed by atoms with Crippen LogP contribution in [0.5, 0.6) is 0 Å². The van der Waals surface area contributed by atoms with Crippen LogP contribution in [-0.4, -0.2) is 21.8 Å². The molecule has 0 saturated heterocycles. The lowest BCUT2D eigenvalue weighted by Gasteiger charge is -2.29. The molecule has 0 aromatic heterocycles. The van der Waals surface area contributed by atoms with Gasteiger partial charge < -0.3 is 8.85 Å². The van der Waals surface area contributed by atoms with Gasteiger partial charge in [-0.1, -0.05) is 53.9 Å². The predicted molar refractivity (Wildman–Crippen MR) is 77.6 cm³/mol. The van der Waals surface area contributed by atoms with E-state index in [2.05, 4.69) is 34.6 Å². The summed E-state index contributed by atoms with van der Waals surface area (Å²) in [6.07, 6.45) is 5.09. The highest BCUT2D eigenvalue weighted by Crippen LogP contribution is 2.20. The molecule has 3 heteroatoms. The fourth-order valence-corrected chi connectivity index (χ4v) is 4.36. The first-order valence-corrected chi connectivity index (χ1v) is 9.61. The zero-order valence-electron chi connectivity index (χ0n) is 12.6. The summed E-state index contributed by atoms with van der Waals surface area (Å²) in [5.74, 6) is 0.601. The zero-order valence-corrected chi connectivity index (χ0v) is 13.6. The summed E-state index contributed by atoms with van der Waals surface area (Å²) in [6, 6.07) is 2.15. The Morgan fingerprint density at radius 3 is 2.00 bits per heavy atom. The van der Waals surface area contributed by atoms with E-state index in [1.54, 1.807) is 0 Å². The SMILES string of the molecule is CCCCCCO[Si](CC)(CC)OCC(C)C. The fourth-order valence-electron chi connectivity index (χ4n) is 1.81. The molecule has 104 valence electrons. The molecule has 0 aromatic rings. The Morgan fingerprint density at radius 1 is 0.882 bits per heavy atom. The third kappa shape index (κ3) is 7.95. The van der Waals surface area contributed by atoms with Gasteiger partial charge in [-0.25, -0.2) is 0 Å². The van der Waals surface area contributed by atoms with Crippen LogP contribution < -0.4 is 0 Å². The molecule has 0 N–H and O–H groups in total. The van der Waals surface area contributed by atoms with Crippen LogP contribution in [0.15, 0.2) is 0 Å². The second-order valence-electron chi connectivity index (χ2n) is 5.23. The van der Waals surface area contributed by atoms with Gasteiger partial charge in [0.1, 0.15) is 0 Å². The minimum atomic E-state index is -1.87. The second-order valence-corrected chi connectivity index (χ2v) is 9.04. The van der Waals surface area contributed by atoms with Crippen molar-refractivity contribution in [1.29, 1.82) is 0 Å². The molecule has 0 fully saturated rings. The van der Waals surface area contributed by atoms with E-state index in [0.29, 0.717) is 5.92 Å². The highest BCUT2D eigenvalue weighted by atomic mass is 28.4. The lowest BCUT2D eigenvalue weighted by atomic mass is 10.2. The van der Waals surface area contributed by atoms with Crippen LogP contribution in [0.1, 0.15) is 60.3 Å². The smallest absolute Gasteiger partial charge is 0.337 e. The van der Waals surface area contributed by atoms with Gasteiger partial charge in [0.05, 0.1) is 0 Å². The zero-order chi connectivity index (χ0) is 13.1. The van der Waals surface area contributed by atoms with Crippen LogP contribution in [0.2, 0.25) is 12.1 Å². The van der Waals surface area contributed by atoms with Crippen molar-refractivity contribution < 1.29 is 8.85 Å². The maximum atomic E-state index is 6.14. The first-order valence-electron chi connectivity index (χ1n) is 7.38. The van der Waals surface area contributed by atoms with Gasteiger partial charge >= 0.3 is 8.56 Å². The van der Waals surface area contributed by atoms with E-state index in [-0.39, 0.29) is 0 Å². The topological polar surface area (TPSA) is 18.5 Å². The van der Waals surface area contributed by atoms with Crippen molar-refractivity contribution in [3.05, 3.63) is 0 Å². The molecule has 0 aliphatic rings. The van der Waals surface area contributed by atoms with Gasteiger partial charge in [-0.2, -0.15) is 0 Å². The summed E-state index contributed by atoms with van der Waals surface area (Å²) in [5, 5.41) is 0. The summed E-state index contributed by atoms with van der Waals surface area (Å²) in [4.78, 5) is 0. The standard InChI is InChI=1S/C14H32O2Si/c1-6-9-10-11-12-15-17(7-2,8-3)16-13-14(4)5/h14H,6-13H2,1-5H3. The number of hydrogen-bond donors (Lipinski definition) is 0. The third-order valence-corrected chi connectivity index (χ3v) is 6.70. The summed E-state index contributed by atoms with van der Waals surface area (Å²) < 4.78 is 12.3. The van der Waals surface area contributed by atoms with Crippen LogP contribution >= 0.6 is 0 Å². The van der Waals surface area contributed by atoms with Gasteiger partial charge in [-0.3, -0.25) is 0 Å². The van der Waals surface area contributed by atoms with Crippen molar-refractivity contribution in [1.82, 2.24) is 0 Å². The number of rotatable bonds is 11. The van der Waals surface area contributed by atoms with Crippen molar-refractivity contribution in [3.8, 4) is 0 Å². The monoisotopic (exact) mass is 260 g/mol. The Labute approximate surface area is 109 Å². The Hall–Kier alpha value is 0.137. The van der Waals surface area contributed by atoms with E-state index in [1.807, 2.05) is 0 Å². The molecule has 0 bridgehead atoms. The lowest BCUT2D eigenvalue weighted by molar-refractivity contribution is 0.150. The third-order valence-electron chi connectivity index (χ3n) is 3.12. The highest BCUT2D eigenvalue weighted by molar-refractivity contribution is 6.67. The molecule has 0 rings (SSSR count). The molecule has 0 aliphatic carbocycles. The Kier molecular flexibility index (Phi) is 10.2. The van der Waals surface area contributed by atoms with Gasteiger partial charge in [0.2, 0.25) is 0 Å². The van der Waals surface area contributed by atoms with E-state index in [0.717, 1.165) is 25.3 Å². The molecule has 0 amide bonds.